The fourth-order valence-corrected chi connectivity index (χ4v) is 3.24. The zero-order valence-corrected chi connectivity index (χ0v) is 15.4. The molecule has 1 aliphatic rings. The summed E-state index contributed by atoms with van der Waals surface area (Å²) in [6.07, 6.45) is 5.00. The summed E-state index contributed by atoms with van der Waals surface area (Å²) in [7, 11) is 0. The fraction of sp³-hybridized carbons (Fsp3) is 0.647. The van der Waals surface area contributed by atoms with Crippen LogP contribution >= 0.6 is 0 Å². The zero-order valence-electron chi connectivity index (χ0n) is 15.4. The third kappa shape index (κ3) is 3.73. The molecule has 8 heteroatoms. The number of rotatable bonds is 6. The number of fused-ring (bicyclic) bond motifs is 1. The fourth-order valence-electron chi connectivity index (χ4n) is 3.24. The van der Waals surface area contributed by atoms with Crippen molar-refractivity contribution in [1.29, 1.82) is 0 Å². The van der Waals surface area contributed by atoms with Crippen LogP contribution in [0.15, 0.2) is 12.3 Å². The van der Waals surface area contributed by atoms with Gasteiger partial charge in [-0.05, 0) is 40.5 Å². The summed E-state index contributed by atoms with van der Waals surface area (Å²) < 4.78 is 3.97. The van der Waals surface area contributed by atoms with Gasteiger partial charge in [-0.15, -0.1) is 10.2 Å². The van der Waals surface area contributed by atoms with E-state index in [4.69, 9.17) is 0 Å². The summed E-state index contributed by atoms with van der Waals surface area (Å²) in [5, 5.41) is 19.1. The van der Waals surface area contributed by atoms with Crippen molar-refractivity contribution in [1.82, 2.24) is 29.9 Å². The van der Waals surface area contributed by atoms with Gasteiger partial charge in [0.2, 0.25) is 5.91 Å². The maximum absolute atomic E-state index is 12.5. The third-order valence-corrected chi connectivity index (χ3v) is 4.58. The standard InChI is InChI=1S/C17H27N7O/c1-11(2)24-14(8-9-18-24)20-17(25)13(4)19-12(3)16-22-21-15-7-5-6-10-23(15)16/h8-9,11-13,19H,5-7,10H2,1-4H3,(H,20,25)/t12-,13-/m0/s1. The Morgan fingerprint density at radius 2 is 2.00 bits per heavy atom. The van der Waals surface area contributed by atoms with Gasteiger partial charge in [-0.1, -0.05) is 0 Å². The second kappa shape index (κ2) is 7.35. The lowest BCUT2D eigenvalue weighted by molar-refractivity contribution is -0.118. The van der Waals surface area contributed by atoms with E-state index in [0.717, 1.165) is 31.0 Å². The summed E-state index contributed by atoms with van der Waals surface area (Å²) in [5.74, 6) is 2.57. The molecule has 0 saturated carbocycles. The lowest BCUT2D eigenvalue weighted by Gasteiger charge is -2.22. The first kappa shape index (κ1) is 17.6. The quantitative estimate of drug-likeness (QED) is 0.836. The van der Waals surface area contributed by atoms with Crippen LogP contribution in [0.2, 0.25) is 0 Å². The Kier molecular flexibility index (Phi) is 5.17. The van der Waals surface area contributed by atoms with Crippen molar-refractivity contribution < 1.29 is 4.79 Å². The van der Waals surface area contributed by atoms with Crippen LogP contribution in [0.25, 0.3) is 0 Å². The number of nitrogens with one attached hydrogen (secondary N) is 2. The van der Waals surface area contributed by atoms with Crippen molar-refractivity contribution in [2.75, 3.05) is 5.32 Å². The van der Waals surface area contributed by atoms with E-state index in [0.29, 0.717) is 5.82 Å². The molecule has 8 nitrogen and oxygen atoms in total. The number of aromatic nitrogens is 5. The molecule has 2 aromatic heterocycles. The molecule has 0 spiro atoms. The van der Waals surface area contributed by atoms with E-state index in [2.05, 4.69) is 30.5 Å². The largest absolute Gasteiger partial charge is 0.314 e. The highest BCUT2D eigenvalue weighted by molar-refractivity contribution is 5.93. The summed E-state index contributed by atoms with van der Waals surface area (Å²) in [5.41, 5.74) is 0. The molecule has 3 heterocycles. The van der Waals surface area contributed by atoms with Gasteiger partial charge in [0.1, 0.15) is 17.5 Å². The van der Waals surface area contributed by atoms with Crippen molar-refractivity contribution in [3.05, 3.63) is 23.9 Å². The molecular weight excluding hydrogens is 318 g/mol. The van der Waals surface area contributed by atoms with E-state index in [9.17, 15) is 4.79 Å². The number of amides is 1. The van der Waals surface area contributed by atoms with E-state index < -0.39 is 0 Å². The van der Waals surface area contributed by atoms with Crippen molar-refractivity contribution in [2.24, 2.45) is 0 Å². The molecule has 1 aliphatic heterocycles. The van der Waals surface area contributed by atoms with Gasteiger partial charge in [0.15, 0.2) is 0 Å². The molecule has 0 unspecified atom stereocenters. The first-order valence-corrected chi connectivity index (χ1v) is 8.99. The molecule has 136 valence electrons. The summed E-state index contributed by atoms with van der Waals surface area (Å²) >= 11 is 0. The molecular formula is C17H27N7O. The SMILES string of the molecule is CC(C)n1nccc1NC(=O)[C@H](C)N[C@@H](C)c1nnc2n1CCCC2. The Bertz CT molecular complexity index is 733. The van der Waals surface area contributed by atoms with Gasteiger partial charge in [0, 0.05) is 25.1 Å². The molecule has 0 fully saturated rings. The number of hydrogen-bond acceptors (Lipinski definition) is 5. The maximum Gasteiger partial charge on any atom is 0.242 e. The van der Waals surface area contributed by atoms with Gasteiger partial charge in [-0.25, -0.2) is 4.68 Å². The van der Waals surface area contributed by atoms with E-state index >= 15 is 0 Å². The Morgan fingerprint density at radius 1 is 1.20 bits per heavy atom. The molecule has 2 atom stereocenters. The molecule has 3 rings (SSSR count). The number of nitrogens with zero attached hydrogens (tertiary/aromatic N) is 5. The number of aryl methyl sites for hydroxylation is 1. The van der Waals surface area contributed by atoms with Gasteiger partial charge in [-0.2, -0.15) is 5.10 Å². The molecule has 0 aliphatic carbocycles. The highest BCUT2D eigenvalue weighted by Gasteiger charge is 2.23. The van der Waals surface area contributed by atoms with E-state index in [1.165, 1.54) is 6.42 Å². The van der Waals surface area contributed by atoms with Gasteiger partial charge in [-0.3, -0.25) is 10.1 Å². The average molecular weight is 345 g/mol. The Balaban J connectivity index is 1.63. The van der Waals surface area contributed by atoms with Crippen LogP contribution in [0.1, 0.15) is 64.3 Å². The second-order valence-electron chi connectivity index (χ2n) is 6.94. The van der Waals surface area contributed by atoms with Crippen molar-refractivity contribution >= 4 is 11.7 Å². The lowest BCUT2D eigenvalue weighted by atomic mass is 10.1. The smallest absolute Gasteiger partial charge is 0.242 e. The molecule has 0 aromatic carbocycles. The van der Waals surface area contributed by atoms with Gasteiger partial charge < -0.3 is 9.88 Å². The van der Waals surface area contributed by atoms with Crippen LogP contribution in [0, 0.1) is 0 Å². The lowest BCUT2D eigenvalue weighted by Crippen LogP contribution is -2.40. The number of hydrogen-bond donors (Lipinski definition) is 2. The molecule has 0 radical (unpaired) electrons. The predicted octanol–water partition coefficient (Wildman–Crippen LogP) is 2.07. The highest BCUT2D eigenvalue weighted by Crippen LogP contribution is 2.19. The average Bonchev–Trinajstić information content (AvgIpc) is 3.21. The van der Waals surface area contributed by atoms with Crippen LogP contribution in [0.5, 0.6) is 0 Å². The van der Waals surface area contributed by atoms with Crippen molar-refractivity contribution in [3.8, 4) is 0 Å². The third-order valence-electron chi connectivity index (χ3n) is 4.58. The monoisotopic (exact) mass is 345 g/mol. The first-order valence-electron chi connectivity index (χ1n) is 8.99. The minimum atomic E-state index is -0.359. The molecule has 0 saturated heterocycles. The second-order valence-corrected chi connectivity index (χ2v) is 6.94. The zero-order chi connectivity index (χ0) is 18.0. The Hall–Kier alpha value is -2.22. The van der Waals surface area contributed by atoms with E-state index in [1.54, 1.807) is 10.9 Å². The number of carbonyl (C=O) groups is 1. The van der Waals surface area contributed by atoms with Crippen LogP contribution in [-0.4, -0.2) is 36.5 Å². The maximum atomic E-state index is 12.5. The first-order chi connectivity index (χ1) is 12.0. The van der Waals surface area contributed by atoms with Crippen LogP contribution in [-0.2, 0) is 17.8 Å². The number of anilines is 1. The predicted molar refractivity (Wildman–Crippen MR) is 95.2 cm³/mol. The Morgan fingerprint density at radius 3 is 2.76 bits per heavy atom. The van der Waals surface area contributed by atoms with E-state index in [1.807, 2.05) is 33.8 Å². The highest BCUT2D eigenvalue weighted by atomic mass is 16.2. The topological polar surface area (TPSA) is 89.7 Å². The summed E-state index contributed by atoms with van der Waals surface area (Å²) in [4.78, 5) is 12.5. The normalized spacial score (nSPS) is 16.5. The van der Waals surface area contributed by atoms with Crippen LogP contribution in [0.4, 0.5) is 5.82 Å². The molecule has 25 heavy (non-hydrogen) atoms. The summed E-state index contributed by atoms with van der Waals surface area (Å²) in [6.45, 7) is 8.89. The van der Waals surface area contributed by atoms with Gasteiger partial charge >= 0.3 is 0 Å². The summed E-state index contributed by atoms with van der Waals surface area (Å²) in [6, 6.07) is 1.59. The molecule has 1 amide bonds. The van der Waals surface area contributed by atoms with Crippen LogP contribution in [0.3, 0.4) is 0 Å². The minimum absolute atomic E-state index is 0.0462. The van der Waals surface area contributed by atoms with Crippen LogP contribution < -0.4 is 10.6 Å². The minimum Gasteiger partial charge on any atom is -0.314 e. The van der Waals surface area contributed by atoms with Gasteiger partial charge in [0.05, 0.1) is 18.3 Å². The number of carbonyl (C=O) groups excluding carboxylic acids is 1. The Labute approximate surface area is 148 Å². The van der Waals surface area contributed by atoms with Gasteiger partial charge in [0.25, 0.3) is 0 Å². The van der Waals surface area contributed by atoms with Crippen molar-refractivity contribution in [3.63, 3.8) is 0 Å². The molecule has 0 bridgehead atoms. The van der Waals surface area contributed by atoms with E-state index in [-0.39, 0.29) is 24.0 Å². The molecule has 2 N–H and O–H groups in total. The molecule has 2 aromatic rings. The van der Waals surface area contributed by atoms with Crippen molar-refractivity contribution in [2.45, 2.75) is 71.6 Å².